The van der Waals surface area contributed by atoms with Gasteiger partial charge < -0.3 is 11.1 Å². The third-order valence-corrected chi connectivity index (χ3v) is 3.83. The molecule has 7 nitrogen and oxygen atoms in total. The minimum atomic E-state index is -0.415. The van der Waals surface area contributed by atoms with E-state index < -0.39 is 11.2 Å². The Labute approximate surface area is 126 Å². The Morgan fingerprint density at radius 1 is 1.43 bits per heavy atom. The number of nitrogens with one attached hydrogen (secondary N) is 1. The quantitative estimate of drug-likeness (QED) is 0.854. The second-order valence-electron chi connectivity index (χ2n) is 5.23. The van der Waals surface area contributed by atoms with E-state index in [2.05, 4.69) is 10.3 Å². The standard InChI is InChI=1S/C13H19N5O2S/c1-8(2)6-18-11(14)10(12(19)17(3)13(18)20)16-5-9-4-15-7-21-9/h4,7-8,16H,5-6,14H2,1-3H3. The predicted octanol–water partition coefficient (Wildman–Crippen LogP) is 0.854. The molecule has 0 aromatic carbocycles. The Balaban J connectivity index is 2.42. The van der Waals surface area contributed by atoms with Crippen LogP contribution in [0.15, 0.2) is 21.3 Å². The van der Waals surface area contributed by atoms with Crippen molar-refractivity contribution in [2.24, 2.45) is 13.0 Å². The highest BCUT2D eigenvalue weighted by Gasteiger charge is 2.15. The summed E-state index contributed by atoms with van der Waals surface area (Å²) in [5.41, 5.74) is 7.18. The third-order valence-electron chi connectivity index (χ3n) is 3.05. The fraction of sp³-hybridized carbons (Fsp3) is 0.462. The van der Waals surface area contributed by atoms with Crippen LogP contribution in [0.25, 0.3) is 0 Å². The second kappa shape index (κ2) is 6.13. The molecule has 0 aliphatic carbocycles. The molecule has 0 amide bonds. The lowest BCUT2D eigenvalue weighted by Gasteiger charge is -2.17. The summed E-state index contributed by atoms with van der Waals surface area (Å²) in [6, 6.07) is 0. The summed E-state index contributed by atoms with van der Waals surface area (Å²) in [6.45, 7) is 4.89. The monoisotopic (exact) mass is 309 g/mol. The van der Waals surface area contributed by atoms with Crippen molar-refractivity contribution in [1.29, 1.82) is 0 Å². The van der Waals surface area contributed by atoms with E-state index in [0.29, 0.717) is 13.1 Å². The maximum atomic E-state index is 12.2. The van der Waals surface area contributed by atoms with Crippen molar-refractivity contribution in [1.82, 2.24) is 14.1 Å². The zero-order valence-electron chi connectivity index (χ0n) is 12.3. The lowest BCUT2D eigenvalue weighted by molar-refractivity contribution is 0.494. The van der Waals surface area contributed by atoms with Gasteiger partial charge in [0.25, 0.3) is 5.56 Å². The van der Waals surface area contributed by atoms with Gasteiger partial charge in [0.1, 0.15) is 11.5 Å². The van der Waals surface area contributed by atoms with E-state index in [1.807, 2.05) is 13.8 Å². The molecule has 0 unspecified atom stereocenters. The fourth-order valence-corrected chi connectivity index (χ4v) is 2.53. The van der Waals surface area contributed by atoms with Gasteiger partial charge in [-0.15, -0.1) is 11.3 Å². The smallest absolute Gasteiger partial charge is 0.332 e. The summed E-state index contributed by atoms with van der Waals surface area (Å²) < 4.78 is 2.51. The number of thiazole rings is 1. The molecular formula is C13H19N5O2S. The van der Waals surface area contributed by atoms with Crippen LogP contribution >= 0.6 is 11.3 Å². The molecule has 0 saturated heterocycles. The van der Waals surface area contributed by atoms with Gasteiger partial charge in [0.05, 0.1) is 12.1 Å². The average Bonchev–Trinajstić information content (AvgIpc) is 2.94. The normalized spacial score (nSPS) is 11.0. The van der Waals surface area contributed by atoms with Gasteiger partial charge in [0, 0.05) is 24.7 Å². The lowest BCUT2D eigenvalue weighted by Crippen LogP contribution is -2.41. The van der Waals surface area contributed by atoms with Crippen molar-refractivity contribution in [3.8, 4) is 0 Å². The number of aromatic nitrogens is 3. The molecule has 0 atom stereocenters. The van der Waals surface area contributed by atoms with Crippen LogP contribution in [0.5, 0.6) is 0 Å². The van der Waals surface area contributed by atoms with Crippen LogP contribution in [-0.4, -0.2) is 14.1 Å². The number of nitrogen functional groups attached to an aromatic ring is 1. The minimum Gasteiger partial charge on any atom is -0.383 e. The molecule has 0 aliphatic rings. The maximum absolute atomic E-state index is 12.2. The predicted molar refractivity (Wildman–Crippen MR) is 84.6 cm³/mol. The van der Waals surface area contributed by atoms with Crippen molar-refractivity contribution < 1.29 is 0 Å². The molecule has 3 N–H and O–H groups in total. The molecule has 0 aliphatic heterocycles. The average molecular weight is 309 g/mol. The largest absolute Gasteiger partial charge is 0.383 e. The van der Waals surface area contributed by atoms with Crippen molar-refractivity contribution in [3.05, 3.63) is 37.4 Å². The zero-order valence-corrected chi connectivity index (χ0v) is 13.1. The molecule has 0 radical (unpaired) electrons. The van der Waals surface area contributed by atoms with Gasteiger partial charge in [0.2, 0.25) is 0 Å². The molecule has 2 rings (SSSR count). The SMILES string of the molecule is CC(C)Cn1c(N)c(NCc2cncs2)c(=O)n(C)c1=O. The second-order valence-corrected chi connectivity index (χ2v) is 6.20. The fourth-order valence-electron chi connectivity index (χ4n) is 2.00. The molecular weight excluding hydrogens is 290 g/mol. The van der Waals surface area contributed by atoms with Gasteiger partial charge in [-0.25, -0.2) is 4.79 Å². The van der Waals surface area contributed by atoms with Crippen molar-refractivity contribution >= 4 is 22.8 Å². The number of hydrogen-bond acceptors (Lipinski definition) is 6. The first-order chi connectivity index (χ1) is 9.91. The first kappa shape index (κ1) is 15.3. The Bertz CT molecular complexity index is 730. The summed E-state index contributed by atoms with van der Waals surface area (Å²) in [5.74, 6) is 0.429. The van der Waals surface area contributed by atoms with Crippen LogP contribution in [-0.2, 0) is 20.1 Å². The highest BCUT2D eigenvalue weighted by molar-refractivity contribution is 7.09. The molecule has 2 heterocycles. The molecule has 114 valence electrons. The third kappa shape index (κ3) is 3.15. The molecule has 0 spiro atoms. The summed E-state index contributed by atoms with van der Waals surface area (Å²) in [6.07, 6.45) is 1.72. The van der Waals surface area contributed by atoms with Crippen molar-refractivity contribution in [2.75, 3.05) is 11.1 Å². The molecule has 0 fully saturated rings. The van der Waals surface area contributed by atoms with E-state index >= 15 is 0 Å². The van der Waals surface area contributed by atoms with E-state index in [4.69, 9.17) is 5.73 Å². The van der Waals surface area contributed by atoms with Crippen molar-refractivity contribution in [2.45, 2.75) is 26.9 Å². The van der Waals surface area contributed by atoms with E-state index in [1.54, 1.807) is 11.7 Å². The molecule has 21 heavy (non-hydrogen) atoms. The van der Waals surface area contributed by atoms with Crippen LogP contribution in [0, 0.1) is 5.92 Å². The zero-order chi connectivity index (χ0) is 15.6. The topological polar surface area (TPSA) is 94.9 Å². The Morgan fingerprint density at radius 2 is 2.14 bits per heavy atom. The Morgan fingerprint density at radius 3 is 2.71 bits per heavy atom. The molecule has 8 heteroatoms. The van der Waals surface area contributed by atoms with Gasteiger partial charge >= 0.3 is 5.69 Å². The van der Waals surface area contributed by atoms with E-state index in [1.165, 1.54) is 23.0 Å². The van der Waals surface area contributed by atoms with Gasteiger partial charge in [-0.2, -0.15) is 0 Å². The van der Waals surface area contributed by atoms with E-state index in [-0.39, 0.29) is 17.4 Å². The van der Waals surface area contributed by atoms with Gasteiger partial charge in [0.15, 0.2) is 0 Å². The van der Waals surface area contributed by atoms with E-state index in [0.717, 1.165) is 9.44 Å². The Hall–Kier alpha value is -2.09. The van der Waals surface area contributed by atoms with E-state index in [9.17, 15) is 9.59 Å². The van der Waals surface area contributed by atoms with Gasteiger partial charge in [-0.05, 0) is 5.92 Å². The van der Waals surface area contributed by atoms with Crippen LogP contribution in [0.4, 0.5) is 11.5 Å². The summed E-state index contributed by atoms with van der Waals surface area (Å²) in [5, 5.41) is 3.02. The molecule has 2 aromatic rings. The van der Waals surface area contributed by atoms with Crippen LogP contribution in [0.2, 0.25) is 0 Å². The Kier molecular flexibility index (Phi) is 4.46. The van der Waals surface area contributed by atoms with Gasteiger partial charge in [-0.3, -0.25) is 18.9 Å². The lowest BCUT2D eigenvalue weighted by atomic mass is 10.2. The van der Waals surface area contributed by atoms with Crippen LogP contribution in [0.1, 0.15) is 18.7 Å². The highest BCUT2D eigenvalue weighted by atomic mass is 32.1. The highest BCUT2D eigenvalue weighted by Crippen LogP contribution is 2.15. The summed E-state index contributed by atoms with van der Waals surface area (Å²) >= 11 is 1.48. The first-order valence-corrected chi connectivity index (χ1v) is 7.50. The summed E-state index contributed by atoms with van der Waals surface area (Å²) in [7, 11) is 1.46. The number of hydrogen-bond donors (Lipinski definition) is 2. The van der Waals surface area contributed by atoms with Crippen molar-refractivity contribution in [3.63, 3.8) is 0 Å². The molecule has 0 bridgehead atoms. The number of nitrogens with two attached hydrogens (primary N) is 1. The minimum absolute atomic E-state index is 0.182. The van der Waals surface area contributed by atoms with Crippen LogP contribution < -0.4 is 22.3 Å². The summed E-state index contributed by atoms with van der Waals surface area (Å²) in [4.78, 5) is 29.3. The number of anilines is 2. The molecule has 0 saturated carbocycles. The van der Waals surface area contributed by atoms with Crippen LogP contribution in [0.3, 0.4) is 0 Å². The molecule has 2 aromatic heterocycles. The van der Waals surface area contributed by atoms with Gasteiger partial charge in [-0.1, -0.05) is 13.8 Å². The number of rotatable bonds is 5. The first-order valence-electron chi connectivity index (χ1n) is 6.62. The number of nitrogens with zero attached hydrogens (tertiary/aromatic N) is 3. The maximum Gasteiger partial charge on any atom is 0.332 e.